The van der Waals surface area contributed by atoms with Gasteiger partial charge in [0.2, 0.25) is 0 Å². The number of hydrogen-bond donors (Lipinski definition) is 1. The molecule has 1 aliphatic rings. The molecule has 3 aromatic heterocycles. The summed E-state index contributed by atoms with van der Waals surface area (Å²) in [5, 5.41) is 1.02. The van der Waals surface area contributed by atoms with Gasteiger partial charge in [-0.3, -0.25) is 9.13 Å². The average Bonchev–Trinajstić information content (AvgIpc) is 3.32. The highest BCUT2D eigenvalue weighted by Crippen LogP contribution is 2.36. The topological polar surface area (TPSA) is 64.8 Å². The van der Waals surface area contributed by atoms with Crippen molar-refractivity contribution < 1.29 is 4.74 Å². The first-order chi connectivity index (χ1) is 14.2. The fraction of sp³-hybridized carbons (Fsp3) is 0.391. The van der Waals surface area contributed by atoms with Crippen molar-refractivity contribution in [1.29, 1.82) is 0 Å². The summed E-state index contributed by atoms with van der Waals surface area (Å²) in [6.07, 6.45) is 8.37. The van der Waals surface area contributed by atoms with Crippen LogP contribution in [0.3, 0.4) is 0 Å². The van der Waals surface area contributed by atoms with Crippen molar-refractivity contribution >= 4 is 34.5 Å². The highest BCUT2D eigenvalue weighted by atomic mass is 35.5. The number of nitrogens with zero attached hydrogens (tertiary/aromatic N) is 3. The van der Waals surface area contributed by atoms with E-state index in [0.717, 1.165) is 39.8 Å². The Morgan fingerprint density at radius 1 is 1.23 bits per heavy atom. The predicted molar refractivity (Wildman–Crippen MR) is 122 cm³/mol. The number of imidazole rings is 1. The number of rotatable bonds is 4. The summed E-state index contributed by atoms with van der Waals surface area (Å²) < 4.78 is 9.28. The minimum absolute atomic E-state index is 0. The molecular weight excluding hydrogens is 400 g/mol. The molecule has 2 atom stereocenters. The lowest BCUT2D eigenvalue weighted by molar-refractivity contribution is 0.256. The number of benzene rings is 1. The van der Waals surface area contributed by atoms with E-state index in [0.29, 0.717) is 12.5 Å². The molecule has 0 amide bonds. The van der Waals surface area contributed by atoms with Gasteiger partial charge in [0.05, 0.1) is 30.9 Å². The second-order valence-corrected chi connectivity index (χ2v) is 8.15. The number of fused-ring (bicyclic) bond motifs is 3. The van der Waals surface area contributed by atoms with Crippen molar-refractivity contribution in [2.45, 2.75) is 45.2 Å². The molecule has 0 radical (unpaired) electrons. The fourth-order valence-corrected chi connectivity index (χ4v) is 4.86. The van der Waals surface area contributed by atoms with Gasteiger partial charge in [0.25, 0.3) is 0 Å². The quantitative estimate of drug-likeness (QED) is 0.504. The molecule has 1 aliphatic carbocycles. The monoisotopic (exact) mass is 426 g/mol. The number of nitrogens with one attached hydrogen (secondary N) is 1. The van der Waals surface area contributed by atoms with Gasteiger partial charge in [-0.05, 0) is 42.5 Å². The summed E-state index contributed by atoms with van der Waals surface area (Å²) >= 11 is 0. The summed E-state index contributed by atoms with van der Waals surface area (Å²) in [4.78, 5) is 21.5. The summed E-state index contributed by atoms with van der Waals surface area (Å²) in [7, 11) is 1.66. The van der Waals surface area contributed by atoms with Crippen LogP contribution in [0.1, 0.15) is 44.2 Å². The number of hydrogen-bond acceptors (Lipinski definition) is 3. The molecule has 5 rings (SSSR count). The molecule has 1 fully saturated rings. The first-order valence-corrected chi connectivity index (χ1v) is 10.4. The van der Waals surface area contributed by atoms with Gasteiger partial charge >= 0.3 is 5.69 Å². The van der Waals surface area contributed by atoms with Crippen molar-refractivity contribution in [1.82, 2.24) is 19.1 Å². The van der Waals surface area contributed by atoms with Crippen molar-refractivity contribution in [3.8, 4) is 5.75 Å². The van der Waals surface area contributed by atoms with Gasteiger partial charge in [-0.25, -0.2) is 9.78 Å². The Balaban J connectivity index is 0.00000218. The molecule has 0 bridgehead atoms. The Morgan fingerprint density at radius 2 is 2.07 bits per heavy atom. The smallest absolute Gasteiger partial charge is 0.329 e. The predicted octanol–water partition coefficient (Wildman–Crippen LogP) is 4.91. The van der Waals surface area contributed by atoms with Crippen molar-refractivity contribution in [3.05, 3.63) is 58.8 Å². The highest BCUT2D eigenvalue weighted by molar-refractivity contribution is 6.01. The van der Waals surface area contributed by atoms with Crippen LogP contribution in [-0.2, 0) is 6.54 Å². The second kappa shape index (κ2) is 8.19. The lowest BCUT2D eigenvalue weighted by Gasteiger charge is -2.29. The zero-order valence-corrected chi connectivity index (χ0v) is 18.1. The Bertz CT molecular complexity index is 1240. The van der Waals surface area contributed by atoms with E-state index in [2.05, 4.69) is 21.5 Å². The first kappa shape index (κ1) is 20.5. The third-order valence-electron chi connectivity index (χ3n) is 6.38. The lowest BCUT2D eigenvalue weighted by Crippen LogP contribution is -2.32. The summed E-state index contributed by atoms with van der Waals surface area (Å²) in [5.74, 6) is 1.28. The molecule has 0 saturated heterocycles. The molecule has 0 spiro atoms. The Hall–Kier alpha value is -2.73. The van der Waals surface area contributed by atoms with E-state index in [-0.39, 0.29) is 24.1 Å². The number of aromatic nitrogens is 4. The number of ether oxygens (including phenoxy) is 1. The minimum atomic E-state index is 0. The normalized spacial score (nSPS) is 19.1. The van der Waals surface area contributed by atoms with E-state index in [1.54, 1.807) is 7.11 Å². The summed E-state index contributed by atoms with van der Waals surface area (Å²) in [6, 6.07) is 10.2. The average molecular weight is 427 g/mol. The third-order valence-corrected chi connectivity index (χ3v) is 6.38. The summed E-state index contributed by atoms with van der Waals surface area (Å²) in [6.45, 7) is 2.77. The first-order valence-electron chi connectivity index (χ1n) is 10.4. The van der Waals surface area contributed by atoms with Crippen molar-refractivity contribution in [2.75, 3.05) is 7.11 Å². The van der Waals surface area contributed by atoms with Crippen molar-refractivity contribution in [2.24, 2.45) is 5.92 Å². The van der Waals surface area contributed by atoms with E-state index >= 15 is 0 Å². The maximum absolute atomic E-state index is 13.7. The van der Waals surface area contributed by atoms with Gasteiger partial charge in [0.1, 0.15) is 11.4 Å². The number of halogens is 1. The number of aromatic amines is 1. The highest BCUT2D eigenvalue weighted by Gasteiger charge is 2.28. The van der Waals surface area contributed by atoms with Gasteiger partial charge in [0.15, 0.2) is 0 Å². The lowest BCUT2D eigenvalue weighted by atomic mass is 9.85. The third kappa shape index (κ3) is 3.29. The minimum Gasteiger partial charge on any atom is -0.497 e. The Kier molecular flexibility index (Phi) is 5.60. The molecule has 158 valence electrons. The number of pyridine rings is 1. The van der Waals surface area contributed by atoms with Gasteiger partial charge in [0, 0.05) is 17.6 Å². The zero-order chi connectivity index (χ0) is 20.0. The van der Waals surface area contributed by atoms with Crippen LogP contribution in [0.15, 0.2) is 47.5 Å². The largest absolute Gasteiger partial charge is 0.497 e. The van der Waals surface area contributed by atoms with E-state index in [4.69, 9.17) is 4.74 Å². The van der Waals surface area contributed by atoms with Gasteiger partial charge in [-0.2, -0.15) is 0 Å². The molecule has 6 nitrogen and oxygen atoms in total. The van der Waals surface area contributed by atoms with Gasteiger partial charge < -0.3 is 9.72 Å². The molecule has 1 saturated carbocycles. The molecule has 30 heavy (non-hydrogen) atoms. The van der Waals surface area contributed by atoms with Gasteiger partial charge in [-0.1, -0.05) is 31.9 Å². The second-order valence-electron chi connectivity index (χ2n) is 8.15. The standard InChI is InChI=1S/C23H26N4O2.ClH/c1-15-6-3-4-9-19(15)27-21-18-10-11-24-22(18)25-13-20(21)26(23(27)28)14-16-7-5-8-17(12-16)29-2;/h5,7-8,10-13,15,19H,3-4,6,9,14H2,1-2H3,(H,24,25);1H/t15-,19+;/m1./s1. The van der Waals surface area contributed by atoms with Crippen molar-refractivity contribution in [3.63, 3.8) is 0 Å². The number of methoxy groups -OCH3 is 1. The van der Waals surface area contributed by atoms with E-state index in [1.165, 1.54) is 19.3 Å². The van der Waals surface area contributed by atoms with Crippen LogP contribution in [0.5, 0.6) is 5.75 Å². The molecule has 0 unspecified atom stereocenters. The molecule has 1 N–H and O–H groups in total. The van der Waals surface area contributed by atoms with Crippen LogP contribution in [-0.4, -0.2) is 26.2 Å². The molecule has 3 heterocycles. The van der Waals surface area contributed by atoms with Crippen LogP contribution < -0.4 is 10.4 Å². The number of H-pyrrole nitrogens is 1. The molecule has 7 heteroatoms. The van der Waals surface area contributed by atoms with Crippen LogP contribution >= 0.6 is 12.4 Å². The molecule has 1 aromatic carbocycles. The van der Waals surface area contributed by atoms with E-state index < -0.39 is 0 Å². The van der Waals surface area contributed by atoms with Crippen LogP contribution in [0.2, 0.25) is 0 Å². The Labute approximate surface area is 181 Å². The molecule has 0 aliphatic heterocycles. The SMILES string of the molecule is COc1cccc(Cn2c(=O)n([C@H]3CCCC[C@H]3C)c3c4cc[nH]c4ncc32)c1.Cl. The van der Waals surface area contributed by atoms with Crippen LogP contribution in [0.25, 0.3) is 22.1 Å². The molecule has 4 aromatic rings. The van der Waals surface area contributed by atoms with Crippen LogP contribution in [0, 0.1) is 5.92 Å². The fourth-order valence-electron chi connectivity index (χ4n) is 4.86. The summed E-state index contributed by atoms with van der Waals surface area (Å²) in [5.41, 5.74) is 3.81. The van der Waals surface area contributed by atoms with E-state index in [9.17, 15) is 4.79 Å². The van der Waals surface area contributed by atoms with E-state index in [1.807, 2.05) is 47.3 Å². The Morgan fingerprint density at radius 3 is 2.87 bits per heavy atom. The van der Waals surface area contributed by atoms with Crippen LogP contribution in [0.4, 0.5) is 0 Å². The maximum atomic E-state index is 13.7. The maximum Gasteiger partial charge on any atom is 0.329 e. The molecular formula is C23H27ClN4O2. The van der Waals surface area contributed by atoms with Gasteiger partial charge in [-0.15, -0.1) is 12.4 Å². The zero-order valence-electron chi connectivity index (χ0n) is 17.3.